The normalized spacial score (nSPS) is 13.5. The molecule has 0 heterocycles. The summed E-state index contributed by atoms with van der Waals surface area (Å²) in [7, 11) is 5.91. The Hall–Kier alpha value is -3.79. The minimum Gasteiger partial charge on any atom is -0.545 e. The Labute approximate surface area is 461 Å². The van der Waals surface area contributed by atoms with Crippen LogP contribution in [0.5, 0.6) is 0 Å². The number of aliphatic carboxylic acids is 1. The number of hydrogen-bond donors (Lipinski definition) is 0. The molecule has 0 fully saturated rings. The Kier molecular flexibility index (Phi) is 53.6. The van der Waals surface area contributed by atoms with E-state index in [2.05, 4.69) is 111 Å². The Morgan fingerprint density at radius 2 is 0.760 bits per heavy atom. The van der Waals surface area contributed by atoms with Gasteiger partial charge >= 0.3 is 11.9 Å². The molecule has 0 spiro atoms. The molecule has 0 aliphatic heterocycles. The summed E-state index contributed by atoms with van der Waals surface area (Å²) in [6, 6.07) is 0. The molecule has 75 heavy (non-hydrogen) atoms. The second-order valence-electron chi connectivity index (χ2n) is 21.3. The van der Waals surface area contributed by atoms with Gasteiger partial charge in [0, 0.05) is 12.8 Å². The SMILES string of the molecule is CC/C=C\C/C=C\C/C=C\C/C=C\C/C=C\C/C=C\CCCCCCC(=O)OC(COC(=O)CCCCCCCCCCCCCCCCC/C=C\C/C=C\CCCCCCC)COC(OCC[N+](C)(C)C)C(=O)[O-]. The molecule has 9 nitrogen and oxygen atoms in total. The van der Waals surface area contributed by atoms with Gasteiger partial charge in [-0.15, -0.1) is 0 Å². The Morgan fingerprint density at radius 3 is 1.13 bits per heavy atom. The highest BCUT2D eigenvalue weighted by molar-refractivity contribution is 5.70. The van der Waals surface area contributed by atoms with Crippen LogP contribution in [0, 0.1) is 0 Å². The predicted molar refractivity (Wildman–Crippen MR) is 315 cm³/mol. The second kappa shape index (κ2) is 56.4. The predicted octanol–water partition coefficient (Wildman–Crippen LogP) is 16.8. The second-order valence-corrected chi connectivity index (χ2v) is 21.3. The number of quaternary nitrogens is 1. The molecule has 0 aromatic heterocycles. The molecular weight excluding hydrogens is 935 g/mol. The van der Waals surface area contributed by atoms with Crippen LogP contribution in [0.4, 0.5) is 0 Å². The Bertz CT molecular complexity index is 1550. The van der Waals surface area contributed by atoms with E-state index in [0.29, 0.717) is 17.4 Å². The fraction of sp³-hybridized carbons (Fsp3) is 0.712. The molecule has 9 heteroatoms. The number of esters is 2. The van der Waals surface area contributed by atoms with Crippen LogP contribution in [-0.2, 0) is 33.3 Å². The molecule has 0 rings (SSSR count). The standard InChI is InChI=1S/C66H113NO8/c1-6-8-10-12-14-16-18-20-22-24-26-28-30-31-32-33-35-36-38-40-42-44-46-48-50-52-54-56-63(68)73-60-62(61-74-66(65(70)71)72-59-58-67(3,4)5)75-64(69)57-55-53-51-49-47-45-43-41-39-37-34-29-27-25-23-21-19-17-15-13-11-9-7-2/h9,11,15,17-18,20-21,23-24,26-27,29,37,39,43,45,62,66H,6-8,10,12-14,16,19,22,25,28,30-36,38,40-42,44,46-61H2,1-5H3/b11-9-,17-15-,20-18-,23-21-,26-24-,29-27-,39-37-,45-43-. The smallest absolute Gasteiger partial charge is 0.306 e. The van der Waals surface area contributed by atoms with Crippen molar-refractivity contribution in [3.63, 3.8) is 0 Å². The van der Waals surface area contributed by atoms with E-state index < -0.39 is 24.3 Å². The van der Waals surface area contributed by atoms with Gasteiger partial charge in [0.25, 0.3) is 0 Å². The van der Waals surface area contributed by atoms with Crippen LogP contribution in [-0.4, -0.2) is 82.3 Å². The molecule has 0 aliphatic rings. The molecule has 0 bridgehead atoms. The van der Waals surface area contributed by atoms with Crippen LogP contribution in [0.25, 0.3) is 0 Å². The van der Waals surface area contributed by atoms with Crippen molar-refractivity contribution < 1.29 is 42.9 Å². The molecule has 2 unspecified atom stereocenters. The van der Waals surface area contributed by atoms with E-state index in [1.54, 1.807) is 0 Å². The van der Waals surface area contributed by atoms with Crippen LogP contribution < -0.4 is 5.11 Å². The minimum atomic E-state index is -1.63. The van der Waals surface area contributed by atoms with Gasteiger partial charge in [0.1, 0.15) is 13.2 Å². The Balaban J connectivity index is 4.26. The molecule has 0 N–H and O–H groups in total. The first kappa shape index (κ1) is 71.2. The molecule has 0 aromatic carbocycles. The third kappa shape index (κ3) is 57.7. The number of ether oxygens (including phenoxy) is 4. The summed E-state index contributed by atoms with van der Waals surface area (Å²) in [6.45, 7) is 4.60. The van der Waals surface area contributed by atoms with Gasteiger partial charge in [0.2, 0.25) is 0 Å². The number of carbonyl (C=O) groups is 3. The lowest BCUT2D eigenvalue weighted by Crippen LogP contribution is -2.44. The van der Waals surface area contributed by atoms with Crippen LogP contribution >= 0.6 is 0 Å². The minimum absolute atomic E-state index is 0.138. The zero-order valence-corrected chi connectivity index (χ0v) is 48.9. The van der Waals surface area contributed by atoms with Crippen molar-refractivity contribution in [1.29, 1.82) is 0 Å². The third-order valence-corrected chi connectivity index (χ3v) is 12.8. The zero-order chi connectivity index (χ0) is 54.8. The van der Waals surface area contributed by atoms with Gasteiger partial charge in [-0.05, 0) is 96.3 Å². The number of hydrogen-bond acceptors (Lipinski definition) is 8. The zero-order valence-electron chi connectivity index (χ0n) is 48.9. The molecule has 0 saturated heterocycles. The third-order valence-electron chi connectivity index (χ3n) is 12.8. The maximum Gasteiger partial charge on any atom is 0.306 e. The first-order valence-corrected chi connectivity index (χ1v) is 30.4. The summed E-state index contributed by atoms with van der Waals surface area (Å²) in [5.41, 5.74) is 0. The van der Waals surface area contributed by atoms with E-state index in [1.807, 2.05) is 21.1 Å². The van der Waals surface area contributed by atoms with Crippen LogP contribution in [0.2, 0.25) is 0 Å². The summed E-state index contributed by atoms with van der Waals surface area (Å²) in [4.78, 5) is 37.3. The highest BCUT2D eigenvalue weighted by atomic mass is 16.7. The largest absolute Gasteiger partial charge is 0.545 e. The number of unbranched alkanes of at least 4 members (excludes halogenated alkanes) is 24. The maximum absolute atomic E-state index is 12.9. The van der Waals surface area contributed by atoms with Gasteiger partial charge in [-0.1, -0.05) is 233 Å². The summed E-state index contributed by atoms with van der Waals surface area (Å²) in [6.07, 6.45) is 73.2. The van der Waals surface area contributed by atoms with Gasteiger partial charge in [-0.2, -0.15) is 0 Å². The highest BCUT2D eigenvalue weighted by Gasteiger charge is 2.22. The molecule has 0 aromatic rings. The first-order valence-electron chi connectivity index (χ1n) is 30.4. The number of carbonyl (C=O) groups excluding carboxylic acids is 3. The van der Waals surface area contributed by atoms with Gasteiger partial charge < -0.3 is 33.3 Å². The number of rotatable bonds is 55. The van der Waals surface area contributed by atoms with E-state index in [1.165, 1.54) is 122 Å². The van der Waals surface area contributed by atoms with Gasteiger partial charge in [0.15, 0.2) is 12.4 Å². The number of likely N-dealkylation sites (N-methyl/N-ethyl adjacent to an activating group) is 1. The first-order chi connectivity index (χ1) is 36.6. The van der Waals surface area contributed by atoms with Crippen molar-refractivity contribution in [1.82, 2.24) is 0 Å². The molecular formula is C66H113NO8. The van der Waals surface area contributed by atoms with E-state index >= 15 is 0 Å². The highest BCUT2D eigenvalue weighted by Crippen LogP contribution is 2.16. The number of carboxylic acids is 1. The molecule has 0 saturated carbocycles. The van der Waals surface area contributed by atoms with Crippen molar-refractivity contribution in [2.45, 2.75) is 257 Å². The Morgan fingerprint density at radius 1 is 0.413 bits per heavy atom. The van der Waals surface area contributed by atoms with Gasteiger partial charge in [0.05, 0.1) is 40.3 Å². The van der Waals surface area contributed by atoms with Crippen molar-refractivity contribution in [2.24, 2.45) is 0 Å². The molecule has 430 valence electrons. The summed E-state index contributed by atoms with van der Waals surface area (Å²) in [5.74, 6) is -2.32. The van der Waals surface area contributed by atoms with Crippen LogP contribution in [0.1, 0.15) is 245 Å². The van der Waals surface area contributed by atoms with E-state index in [9.17, 15) is 19.5 Å². The summed E-state index contributed by atoms with van der Waals surface area (Å²) < 4.78 is 22.7. The lowest BCUT2D eigenvalue weighted by atomic mass is 10.0. The van der Waals surface area contributed by atoms with Crippen molar-refractivity contribution >= 4 is 17.9 Å². The monoisotopic (exact) mass is 1050 g/mol. The van der Waals surface area contributed by atoms with Crippen molar-refractivity contribution in [3.8, 4) is 0 Å². The lowest BCUT2D eigenvalue weighted by molar-refractivity contribution is -0.870. The lowest BCUT2D eigenvalue weighted by Gasteiger charge is -2.26. The number of allylic oxidation sites excluding steroid dienone is 16. The van der Waals surface area contributed by atoms with E-state index in [4.69, 9.17) is 18.9 Å². The van der Waals surface area contributed by atoms with Gasteiger partial charge in [-0.25, -0.2) is 0 Å². The topological polar surface area (TPSA) is 111 Å². The fourth-order valence-electron chi connectivity index (χ4n) is 8.16. The molecule has 0 amide bonds. The molecule has 2 atom stereocenters. The average molecular weight is 1050 g/mol. The number of nitrogens with zero attached hydrogens (tertiary/aromatic N) is 1. The average Bonchev–Trinajstić information content (AvgIpc) is 3.38. The van der Waals surface area contributed by atoms with Gasteiger partial charge in [-0.3, -0.25) is 9.59 Å². The van der Waals surface area contributed by atoms with Crippen molar-refractivity contribution in [2.75, 3.05) is 47.5 Å². The quantitative estimate of drug-likeness (QED) is 0.0195. The fourth-order valence-corrected chi connectivity index (χ4v) is 8.16. The summed E-state index contributed by atoms with van der Waals surface area (Å²) in [5, 5.41) is 11.8. The van der Waals surface area contributed by atoms with Crippen molar-refractivity contribution in [3.05, 3.63) is 97.2 Å². The summed E-state index contributed by atoms with van der Waals surface area (Å²) >= 11 is 0. The maximum atomic E-state index is 12.9. The number of carboxylic acid groups (broad SMARTS) is 1. The molecule has 0 radical (unpaired) electrons. The van der Waals surface area contributed by atoms with Crippen LogP contribution in [0.3, 0.4) is 0 Å². The molecule has 0 aliphatic carbocycles. The van der Waals surface area contributed by atoms with E-state index in [0.717, 1.165) is 89.9 Å². The van der Waals surface area contributed by atoms with E-state index in [-0.39, 0.29) is 38.6 Å². The van der Waals surface area contributed by atoms with Crippen LogP contribution in [0.15, 0.2) is 97.2 Å².